The van der Waals surface area contributed by atoms with Crippen molar-refractivity contribution < 1.29 is 38.8 Å². The number of oxime groups is 1. The zero-order valence-electron chi connectivity index (χ0n) is 37.7. The van der Waals surface area contributed by atoms with Crippen LogP contribution < -0.4 is 9.47 Å². The van der Waals surface area contributed by atoms with E-state index < -0.39 is 23.8 Å². The lowest BCUT2D eigenvalue weighted by Crippen LogP contribution is -2.70. The first kappa shape index (κ1) is 46.9. The summed E-state index contributed by atoms with van der Waals surface area (Å²) in [6.07, 6.45) is 8.34. The summed E-state index contributed by atoms with van der Waals surface area (Å²) in [5.41, 5.74) is 5.77. The second kappa shape index (κ2) is 22.2. The molecule has 1 aliphatic heterocycles. The van der Waals surface area contributed by atoms with Crippen molar-refractivity contribution in [3.8, 4) is 28.4 Å². The maximum absolute atomic E-state index is 14.8. The van der Waals surface area contributed by atoms with Gasteiger partial charge in [0.1, 0.15) is 36.5 Å². The fourth-order valence-electron chi connectivity index (χ4n) is 10.5. The predicted molar refractivity (Wildman–Crippen MR) is 260 cm³/mol. The highest BCUT2D eigenvalue weighted by atomic mass is 35.5. The van der Waals surface area contributed by atoms with Crippen LogP contribution in [-0.4, -0.2) is 77.7 Å². The van der Waals surface area contributed by atoms with Gasteiger partial charge in [-0.05, 0) is 108 Å². The van der Waals surface area contributed by atoms with Crippen LogP contribution in [0.2, 0.25) is 0 Å². The molecule has 3 aliphatic rings. The molecule has 2 N–H and O–H groups in total. The van der Waals surface area contributed by atoms with Crippen molar-refractivity contribution in [2.75, 3.05) is 38.9 Å². The van der Waals surface area contributed by atoms with Crippen LogP contribution in [0.1, 0.15) is 68.9 Å². The Morgan fingerprint density at radius 2 is 1.62 bits per heavy atom. The molecule has 1 fully saturated rings. The van der Waals surface area contributed by atoms with Gasteiger partial charge in [0.2, 0.25) is 5.79 Å². The van der Waals surface area contributed by atoms with E-state index in [1.165, 1.54) is 0 Å². The summed E-state index contributed by atoms with van der Waals surface area (Å²) < 4.78 is 27.2. The van der Waals surface area contributed by atoms with E-state index in [0.717, 1.165) is 64.3 Å². The van der Waals surface area contributed by atoms with Crippen LogP contribution in [0.5, 0.6) is 17.2 Å². The second-order valence-electron chi connectivity index (χ2n) is 17.3. The van der Waals surface area contributed by atoms with Crippen molar-refractivity contribution in [3.05, 3.63) is 151 Å². The molecular formula is C55H61ClN2O8. The molecule has 346 valence electrons. The van der Waals surface area contributed by atoms with E-state index in [2.05, 4.69) is 61.2 Å². The molecule has 0 bridgehead atoms. The number of carbonyl (C=O) groups is 1. The molecule has 0 spiro atoms. The number of halogens is 1. The van der Waals surface area contributed by atoms with Gasteiger partial charge in [0.25, 0.3) is 0 Å². The standard InChI is InChI=1S/C55H61ClN2O8/c1-3-32-63-55-51(58(54(61)62-33-29-56)37-42-20-14-19-40-17-8-9-21-45(40)42)36-49(57-64-4-2)47-34-41(18-10-12-30-59)46(22-11-13-31-60)52(53(47)55)48-35-44(27-28-50(48)66-55)65-43-25-23-39(24-26-43)38-15-6-5-7-16-38/h3,5-9,14-17,19-21,23-28,34-35,41,46,51-53,59-60H,1,4,10-13,18,22,29-33,36-37H2,2H3/t41-,46+,51-,52+,53+,55+/m0/s1. The Morgan fingerprint density at radius 1 is 0.894 bits per heavy atom. The van der Waals surface area contributed by atoms with Gasteiger partial charge in [0.15, 0.2) is 0 Å². The zero-order chi connectivity index (χ0) is 45.9. The lowest BCUT2D eigenvalue weighted by atomic mass is 9.55. The number of aliphatic hydroxyl groups is 2. The first-order chi connectivity index (χ1) is 32.4. The molecule has 1 saturated carbocycles. The molecule has 0 unspecified atom stereocenters. The minimum atomic E-state index is -1.46. The normalized spacial score (nSPS) is 22.4. The molecular weight excluding hydrogens is 852 g/mol. The SMILES string of the molecule is C=CCO[C@@]12Oc3ccc(Oc4ccc(-c5ccccc5)cc4)cc3[C@H]3[C@H](CCCCO)[C@@H](CCCCO)C=C(C(=NOCC)C[C@@H]1N(Cc1cccc4ccccc14)C(=O)OCCCl)[C@H]32. The topological polar surface area (TPSA) is 119 Å². The molecule has 8 rings (SSSR count). The fourth-order valence-corrected chi connectivity index (χ4v) is 10.5. The van der Waals surface area contributed by atoms with Gasteiger partial charge in [-0.1, -0.05) is 115 Å². The predicted octanol–water partition coefficient (Wildman–Crippen LogP) is 11.8. The number of nitrogens with zero attached hydrogens (tertiary/aromatic N) is 2. The van der Waals surface area contributed by atoms with E-state index in [-0.39, 0.29) is 63.0 Å². The van der Waals surface area contributed by atoms with Crippen molar-refractivity contribution in [1.82, 2.24) is 4.90 Å². The quantitative estimate of drug-likeness (QED) is 0.0323. The maximum Gasteiger partial charge on any atom is 0.410 e. The van der Waals surface area contributed by atoms with Crippen LogP contribution in [0.3, 0.4) is 0 Å². The van der Waals surface area contributed by atoms with Crippen LogP contribution in [0.25, 0.3) is 21.9 Å². The van der Waals surface area contributed by atoms with Gasteiger partial charge < -0.3 is 34.0 Å². The van der Waals surface area contributed by atoms with Crippen molar-refractivity contribution in [3.63, 3.8) is 0 Å². The lowest BCUT2D eigenvalue weighted by Gasteiger charge is -2.59. The molecule has 5 aromatic carbocycles. The van der Waals surface area contributed by atoms with Gasteiger partial charge in [-0.15, -0.1) is 18.2 Å². The second-order valence-corrected chi connectivity index (χ2v) is 17.6. The van der Waals surface area contributed by atoms with Gasteiger partial charge in [-0.25, -0.2) is 4.79 Å². The molecule has 66 heavy (non-hydrogen) atoms. The van der Waals surface area contributed by atoms with Crippen molar-refractivity contribution in [2.24, 2.45) is 22.9 Å². The number of ether oxygens (including phenoxy) is 4. The number of carbonyl (C=O) groups excluding carboxylic acids is 1. The summed E-state index contributed by atoms with van der Waals surface area (Å²) in [4.78, 5) is 22.4. The lowest BCUT2D eigenvalue weighted by molar-refractivity contribution is -0.256. The number of unbranched alkanes of at least 4 members (excludes halogenated alkanes) is 2. The maximum atomic E-state index is 14.8. The smallest absolute Gasteiger partial charge is 0.410 e. The molecule has 1 heterocycles. The molecule has 10 nitrogen and oxygen atoms in total. The Hall–Kier alpha value is -5.65. The first-order valence-electron chi connectivity index (χ1n) is 23.4. The van der Waals surface area contributed by atoms with Gasteiger partial charge in [-0.3, -0.25) is 4.90 Å². The van der Waals surface area contributed by atoms with Gasteiger partial charge in [0.05, 0.1) is 30.7 Å². The summed E-state index contributed by atoms with van der Waals surface area (Å²) in [5.74, 6) is 0.0464. The fraction of sp³-hybridized carbons (Fsp3) is 0.382. The number of hydrogen-bond donors (Lipinski definition) is 2. The highest BCUT2D eigenvalue weighted by Gasteiger charge is 2.65. The highest BCUT2D eigenvalue weighted by Crippen LogP contribution is 2.62. The summed E-state index contributed by atoms with van der Waals surface area (Å²) in [6, 6.07) is 37.8. The molecule has 0 aromatic heterocycles. The van der Waals surface area contributed by atoms with E-state index in [0.29, 0.717) is 42.4 Å². The molecule has 0 saturated heterocycles. The summed E-state index contributed by atoms with van der Waals surface area (Å²) >= 11 is 6.17. The summed E-state index contributed by atoms with van der Waals surface area (Å²) in [5, 5.41) is 26.9. The first-order valence-corrected chi connectivity index (χ1v) is 24.0. The third-order valence-corrected chi connectivity index (χ3v) is 13.4. The van der Waals surface area contributed by atoms with E-state index in [4.69, 9.17) is 40.5 Å². The molecule has 6 atom stereocenters. The van der Waals surface area contributed by atoms with E-state index >= 15 is 0 Å². The highest BCUT2D eigenvalue weighted by molar-refractivity contribution is 6.18. The minimum Gasteiger partial charge on any atom is -0.459 e. The van der Waals surface area contributed by atoms with Crippen molar-refractivity contribution in [1.29, 1.82) is 0 Å². The Bertz CT molecular complexity index is 2470. The Labute approximate surface area is 393 Å². The largest absolute Gasteiger partial charge is 0.459 e. The Kier molecular flexibility index (Phi) is 15.8. The van der Waals surface area contributed by atoms with Crippen LogP contribution in [0, 0.1) is 17.8 Å². The molecule has 5 aromatic rings. The number of aliphatic hydroxyl groups excluding tert-OH is 2. The number of allylic oxidation sites excluding steroid dienone is 1. The van der Waals surface area contributed by atoms with Crippen molar-refractivity contribution >= 4 is 34.2 Å². The molecule has 2 aliphatic carbocycles. The number of fused-ring (bicyclic) bond motifs is 3. The van der Waals surface area contributed by atoms with Crippen LogP contribution >= 0.6 is 11.6 Å². The van der Waals surface area contributed by atoms with Crippen LogP contribution in [0.15, 0.2) is 145 Å². The van der Waals surface area contributed by atoms with Crippen LogP contribution in [0.4, 0.5) is 4.79 Å². The Morgan fingerprint density at radius 3 is 2.38 bits per heavy atom. The average molecular weight is 914 g/mol. The van der Waals surface area contributed by atoms with Gasteiger partial charge in [-0.2, -0.15) is 0 Å². The third kappa shape index (κ3) is 10.0. The minimum absolute atomic E-state index is 0.0145. The van der Waals surface area contributed by atoms with E-state index in [1.54, 1.807) is 11.0 Å². The number of amides is 1. The molecule has 11 heteroatoms. The third-order valence-electron chi connectivity index (χ3n) is 13.3. The zero-order valence-corrected chi connectivity index (χ0v) is 38.5. The summed E-state index contributed by atoms with van der Waals surface area (Å²) in [7, 11) is 0. The van der Waals surface area contributed by atoms with Gasteiger partial charge in [0, 0.05) is 31.1 Å². The van der Waals surface area contributed by atoms with Gasteiger partial charge >= 0.3 is 6.09 Å². The Balaban J connectivity index is 1.31. The monoisotopic (exact) mass is 912 g/mol. The number of alkyl halides is 1. The number of rotatable bonds is 21. The number of benzene rings is 5. The number of hydrogen-bond acceptors (Lipinski definition) is 9. The summed E-state index contributed by atoms with van der Waals surface area (Å²) in [6.45, 7) is 6.85. The molecule has 0 radical (unpaired) electrons. The van der Waals surface area contributed by atoms with E-state index in [1.807, 2.05) is 73.7 Å². The average Bonchev–Trinajstić information content (AvgIpc) is 3.35. The van der Waals surface area contributed by atoms with Crippen LogP contribution in [-0.2, 0) is 20.9 Å². The molecule has 1 amide bonds. The van der Waals surface area contributed by atoms with E-state index in [9.17, 15) is 15.0 Å². The van der Waals surface area contributed by atoms with Crippen molar-refractivity contribution in [2.45, 2.75) is 76.2 Å².